The van der Waals surface area contributed by atoms with Crippen molar-refractivity contribution in [3.05, 3.63) is 79.4 Å². The lowest BCUT2D eigenvalue weighted by Crippen LogP contribution is -2.35. The molecule has 32 heavy (non-hydrogen) atoms. The summed E-state index contributed by atoms with van der Waals surface area (Å²) < 4.78 is 1.29. The maximum absolute atomic E-state index is 12.6. The molecule has 0 saturated carbocycles. The Balaban J connectivity index is 1.78. The fourth-order valence-corrected chi connectivity index (χ4v) is 4.39. The second-order valence-electron chi connectivity index (χ2n) is 7.57. The van der Waals surface area contributed by atoms with E-state index in [1.165, 1.54) is 40.1 Å². The van der Waals surface area contributed by atoms with E-state index >= 15 is 0 Å². The van der Waals surface area contributed by atoms with E-state index in [2.05, 4.69) is 10.6 Å². The lowest BCUT2D eigenvalue weighted by atomic mass is 10.1. The fourth-order valence-electron chi connectivity index (χ4n) is 3.30. The Morgan fingerprint density at radius 2 is 1.88 bits per heavy atom. The predicted molar refractivity (Wildman–Crippen MR) is 124 cm³/mol. The Morgan fingerprint density at radius 1 is 1.16 bits per heavy atom. The highest BCUT2D eigenvalue weighted by Crippen LogP contribution is 2.28. The maximum atomic E-state index is 12.6. The molecule has 0 bridgehead atoms. The molecule has 2 amide bonds. The SMILES string of the molecule is Cc1ccccc1Cc1ccc(C(CC(=O)O)NC(=O)Nc2c(O)cc(C)n(C)c2=O)s1. The third-order valence-corrected chi connectivity index (χ3v) is 6.42. The highest BCUT2D eigenvalue weighted by Gasteiger charge is 2.22. The van der Waals surface area contributed by atoms with Gasteiger partial charge < -0.3 is 25.4 Å². The number of carboxylic acids is 1. The first kappa shape index (κ1) is 23.1. The molecule has 0 aliphatic carbocycles. The van der Waals surface area contributed by atoms with Crippen molar-refractivity contribution in [2.75, 3.05) is 5.32 Å². The number of aromatic nitrogens is 1. The second kappa shape index (κ2) is 9.69. The summed E-state index contributed by atoms with van der Waals surface area (Å²) in [6.07, 6.45) is 0.381. The minimum Gasteiger partial charge on any atom is -0.505 e. The maximum Gasteiger partial charge on any atom is 0.320 e. The monoisotopic (exact) mass is 455 g/mol. The van der Waals surface area contributed by atoms with Crippen molar-refractivity contribution in [2.45, 2.75) is 32.7 Å². The number of carbonyl (C=O) groups excluding carboxylic acids is 1. The summed E-state index contributed by atoms with van der Waals surface area (Å²) >= 11 is 1.42. The third-order valence-electron chi connectivity index (χ3n) is 5.22. The van der Waals surface area contributed by atoms with Gasteiger partial charge in [0, 0.05) is 35.0 Å². The van der Waals surface area contributed by atoms with Gasteiger partial charge in [0.2, 0.25) is 0 Å². The zero-order chi connectivity index (χ0) is 23.4. The zero-order valence-electron chi connectivity index (χ0n) is 18.0. The van der Waals surface area contributed by atoms with Crippen LogP contribution in [0.4, 0.5) is 10.5 Å². The van der Waals surface area contributed by atoms with Crippen molar-refractivity contribution >= 4 is 29.0 Å². The molecule has 1 aromatic carbocycles. The number of rotatable bonds is 7. The van der Waals surface area contributed by atoms with Gasteiger partial charge in [-0.3, -0.25) is 9.59 Å². The average Bonchev–Trinajstić information content (AvgIpc) is 3.19. The van der Waals surface area contributed by atoms with Crippen LogP contribution in [-0.4, -0.2) is 26.8 Å². The van der Waals surface area contributed by atoms with Gasteiger partial charge in [0.25, 0.3) is 5.56 Å². The van der Waals surface area contributed by atoms with Crippen molar-refractivity contribution in [2.24, 2.45) is 7.05 Å². The Bertz CT molecular complexity index is 1210. The normalized spacial score (nSPS) is 11.7. The van der Waals surface area contributed by atoms with Gasteiger partial charge in [-0.2, -0.15) is 0 Å². The Labute approximate surface area is 189 Å². The first-order valence-electron chi connectivity index (χ1n) is 9.97. The molecule has 0 radical (unpaired) electrons. The lowest BCUT2D eigenvalue weighted by molar-refractivity contribution is -0.137. The summed E-state index contributed by atoms with van der Waals surface area (Å²) in [6, 6.07) is 11.5. The van der Waals surface area contributed by atoms with Gasteiger partial charge in [-0.15, -0.1) is 11.3 Å². The number of carbonyl (C=O) groups is 2. The van der Waals surface area contributed by atoms with Crippen molar-refractivity contribution in [1.29, 1.82) is 0 Å². The van der Waals surface area contributed by atoms with E-state index in [4.69, 9.17) is 0 Å². The number of carboxylic acid groups (broad SMARTS) is 1. The van der Waals surface area contributed by atoms with Gasteiger partial charge in [-0.1, -0.05) is 24.3 Å². The van der Waals surface area contributed by atoms with Crippen LogP contribution in [0.2, 0.25) is 0 Å². The molecule has 3 rings (SSSR count). The molecule has 1 atom stereocenters. The first-order chi connectivity index (χ1) is 15.2. The summed E-state index contributed by atoms with van der Waals surface area (Å²) in [7, 11) is 1.52. The minimum atomic E-state index is -1.07. The number of anilines is 1. The van der Waals surface area contributed by atoms with E-state index in [0.717, 1.165) is 4.88 Å². The van der Waals surface area contributed by atoms with E-state index in [0.29, 0.717) is 17.0 Å². The number of urea groups is 1. The highest BCUT2D eigenvalue weighted by molar-refractivity contribution is 7.12. The fraction of sp³-hybridized carbons (Fsp3) is 0.261. The molecule has 4 N–H and O–H groups in total. The Hall–Kier alpha value is -3.59. The molecule has 2 aromatic heterocycles. The summed E-state index contributed by atoms with van der Waals surface area (Å²) in [5, 5.41) is 24.3. The van der Waals surface area contributed by atoms with Crippen molar-refractivity contribution in [3.8, 4) is 5.75 Å². The number of benzene rings is 1. The summed E-state index contributed by atoms with van der Waals surface area (Å²) in [5.74, 6) is -1.43. The van der Waals surface area contributed by atoms with Gasteiger partial charge in [0.1, 0.15) is 5.75 Å². The van der Waals surface area contributed by atoms with Gasteiger partial charge in [-0.25, -0.2) is 4.79 Å². The van der Waals surface area contributed by atoms with Crippen molar-refractivity contribution in [1.82, 2.24) is 9.88 Å². The number of aryl methyl sites for hydroxylation is 2. The summed E-state index contributed by atoms with van der Waals surface area (Å²) in [5.41, 5.74) is 2.04. The van der Waals surface area contributed by atoms with Crippen LogP contribution >= 0.6 is 11.3 Å². The summed E-state index contributed by atoms with van der Waals surface area (Å²) in [6.45, 7) is 3.69. The summed E-state index contributed by atoms with van der Waals surface area (Å²) in [4.78, 5) is 38.0. The number of thiophene rings is 1. The topological polar surface area (TPSA) is 121 Å². The van der Waals surface area contributed by atoms with Crippen LogP contribution in [0.3, 0.4) is 0 Å². The van der Waals surface area contributed by atoms with Crippen molar-refractivity contribution < 1.29 is 19.8 Å². The number of nitrogens with zero attached hydrogens (tertiary/aromatic N) is 1. The van der Waals surface area contributed by atoms with Gasteiger partial charge in [-0.05, 0) is 37.1 Å². The number of amides is 2. The molecule has 2 heterocycles. The van der Waals surface area contributed by atoms with E-state index in [1.54, 1.807) is 13.0 Å². The van der Waals surface area contributed by atoms with Crippen LogP contribution in [0.1, 0.15) is 39.0 Å². The standard InChI is InChI=1S/C23H25N3O5S/c1-13-6-4-5-7-15(13)11-16-8-9-19(32-16)17(12-20(28)29)24-23(31)25-21-18(27)10-14(2)26(3)22(21)30/h4-10,17,27H,11-12H2,1-3H3,(H,28,29)(H2,24,25,31). The molecule has 0 saturated heterocycles. The molecule has 0 aliphatic rings. The number of hydrogen-bond donors (Lipinski definition) is 4. The third kappa shape index (κ3) is 5.36. The highest BCUT2D eigenvalue weighted by atomic mass is 32.1. The molecule has 8 nitrogen and oxygen atoms in total. The molecule has 9 heteroatoms. The average molecular weight is 456 g/mol. The smallest absolute Gasteiger partial charge is 0.320 e. The zero-order valence-corrected chi connectivity index (χ0v) is 18.8. The lowest BCUT2D eigenvalue weighted by Gasteiger charge is -2.17. The quantitative estimate of drug-likeness (QED) is 0.433. The first-order valence-corrected chi connectivity index (χ1v) is 10.8. The molecular formula is C23H25N3O5S. The van der Waals surface area contributed by atoms with E-state index in [-0.39, 0.29) is 17.9 Å². The van der Waals surface area contributed by atoms with Gasteiger partial charge in [0.15, 0.2) is 5.69 Å². The molecule has 0 spiro atoms. The van der Waals surface area contributed by atoms with Crippen LogP contribution < -0.4 is 16.2 Å². The second-order valence-corrected chi connectivity index (χ2v) is 8.77. The minimum absolute atomic E-state index is 0.268. The largest absolute Gasteiger partial charge is 0.505 e. The number of aromatic hydroxyl groups is 1. The number of pyridine rings is 1. The molecule has 0 fully saturated rings. The van der Waals surface area contributed by atoms with Crippen LogP contribution in [-0.2, 0) is 18.3 Å². The number of nitrogens with one attached hydrogen (secondary N) is 2. The molecule has 168 valence electrons. The molecule has 0 aliphatic heterocycles. The Kier molecular flexibility index (Phi) is 6.99. The molecule has 1 unspecified atom stereocenters. The van der Waals surface area contributed by atoms with E-state index in [9.17, 15) is 24.6 Å². The predicted octanol–water partition coefficient (Wildman–Crippen LogP) is 3.70. The Morgan fingerprint density at radius 3 is 2.56 bits per heavy atom. The number of aliphatic carboxylic acids is 1. The van der Waals surface area contributed by atoms with E-state index in [1.807, 2.05) is 37.3 Å². The van der Waals surface area contributed by atoms with Crippen molar-refractivity contribution in [3.63, 3.8) is 0 Å². The van der Waals surface area contributed by atoms with Gasteiger partial charge in [0.05, 0.1) is 12.5 Å². The van der Waals surface area contributed by atoms with Crippen LogP contribution in [0.5, 0.6) is 5.75 Å². The van der Waals surface area contributed by atoms with Crippen LogP contribution in [0, 0.1) is 13.8 Å². The number of hydrogen-bond acceptors (Lipinski definition) is 5. The molecule has 3 aromatic rings. The van der Waals surface area contributed by atoms with E-state index < -0.39 is 23.6 Å². The van der Waals surface area contributed by atoms with Crippen LogP contribution in [0.15, 0.2) is 47.3 Å². The molecular weight excluding hydrogens is 430 g/mol. The van der Waals surface area contributed by atoms with Crippen LogP contribution in [0.25, 0.3) is 0 Å². The van der Waals surface area contributed by atoms with Gasteiger partial charge >= 0.3 is 12.0 Å².